The van der Waals surface area contributed by atoms with Gasteiger partial charge in [0, 0.05) is 16.9 Å². The summed E-state index contributed by atoms with van der Waals surface area (Å²) < 4.78 is 13.2. The number of hydrogen-bond donors (Lipinski definition) is 1. The van der Waals surface area contributed by atoms with E-state index in [9.17, 15) is 23.6 Å². The topological polar surface area (TPSA) is 90.6 Å². The Hall–Kier alpha value is -3.29. The molecule has 0 aliphatic carbocycles. The Morgan fingerprint density at radius 2 is 1.75 bits per heavy atom. The van der Waals surface area contributed by atoms with Crippen LogP contribution in [0.1, 0.15) is 46.0 Å². The molecule has 1 aliphatic rings. The molecular formula is C20H20FN3O4. The van der Waals surface area contributed by atoms with Crippen molar-refractivity contribution in [1.29, 1.82) is 0 Å². The molecule has 1 aliphatic heterocycles. The first-order valence-corrected chi connectivity index (χ1v) is 8.77. The van der Waals surface area contributed by atoms with Gasteiger partial charge in [-0.1, -0.05) is 0 Å². The summed E-state index contributed by atoms with van der Waals surface area (Å²) in [6, 6.07) is 3.74. The Morgan fingerprint density at radius 1 is 1.14 bits per heavy atom. The van der Waals surface area contributed by atoms with Crippen LogP contribution in [0, 0.1) is 19.7 Å². The molecule has 8 heteroatoms. The van der Waals surface area contributed by atoms with Crippen molar-refractivity contribution < 1.29 is 23.6 Å². The molecule has 3 amide bonds. The number of ketones is 2. The lowest BCUT2D eigenvalue weighted by atomic mass is 10.1. The standard InChI is InChI=1S/C20H20FN3O4/c1-10-17(13(4)25)11(2)22-18(10)16(26)9-23-19(27)12(3)24(20(23)28)15-7-5-14(21)6-8-15/h5-8,12,22H,9H2,1-4H3/t12-/m1/s1. The fourth-order valence-corrected chi connectivity index (χ4v) is 3.59. The number of benzene rings is 1. The quantitative estimate of drug-likeness (QED) is 0.633. The third-order valence-electron chi connectivity index (χ3n) is 4.92. The summed E-state index contributed by atoms with van der Waals surface area (Å²) in [7, 11) is 0. The van der Waals surface area contributed by atoms with Crippen LogP contribution in [0.4, 0.5) is 14.9 Å². The summed E-state index contributed by atoms with van der Waals surface area (Å²) in [5.41, 5.74) is 2.07. The summed E-state index contributed by atoms with van der Waals surface area (Å²) in [4.78, 5) is 54.8. The predicted molar refractivity (Wildman–Crippen MR) is 100 cm³/mol. The van der Waals surface area contributed by atoms with Gasteiger partial charge in [-0.15, -0.1) is 0 Å². The molecule has 2 heterocycles. The number of urea groups is 1. The number of amides is 3. The molecule has 28 heavy (non-hydrogen) atoms. The van der Waals surface area contributed by atoms with Crippen molar-refractivity contribution in [1.82, 2.24) is 9.88 Å². The molecule has 7 nitrogen and oxygen atoms in total. The number of aromatic amines is 1. The van der Waals surface area contributed by atoms with Gasteiger partial charge >= 0.3 is 6.03 Å². The lowest BCUT2D eigenvalue weighted by molar-refractivity contribution is -0.126. The first-order chi connectivity index (χ1) is 13.1. The molecule has 1 aromatic heterocycles. The number of imide groups is 1. The Balaban J connectivity index is 1.86. The third kappa shape index (κ3) is 3.11. The fourth-order valence-electron chi connectivity index (χ4n) is 3.59. The minimum Gasteiger partial charge on any atom is -0.355 e. The molecule has 1 saturated heterocycles. The average molecular weight is 385 g/mol. The van der Waals surface area contributed by atoms with E-state index in [-0.39, 0.29) is 11.5 Å². The van der Waals surface area contributed by atoms with Gasteiger partial charge in [-0.25, -0.2) is 9.18 Å². The fraction of sp³-hybridized carbons (Fsp3) is 0.300. The van der Waals surface area contributed by atoms with Crippen LogP contribution in [0.5, 0.6) is 0 Å². The SMILES string of the molecule is CC(=O)c1c(C)[nH]c(C(=O)CN2C(=O)[C@@H](C)N(c3ccc(F)cc3)C2=O)c1C. The van der Waals surface area contributed by atoms with E-state index in [0.29, 0.717) is 22.5 Å². The van der Waals surface area contributed by atoms with E-state index in [4.69, 9.17) is 0 Å². The van der Waals surface area contributed by atoms with Crippen LogP contribution < -0.4 is 4.90 Å². The van der Waals surface area contributed by atoms with E-state index in [1.807, 2.05) is 0 Å². The highest BCUT2D eigenvalue weighted by molar-refractivity contribution is 6.16. The van der Waals surface area contributed by atoms with Crippen LogP contribution in [-0.2, 0) is 4.79 Å². The lowest BCUT2D eigenvalue weighted by Crippen LogP contribution is -2.37. The molecule has 146 valence electrons. The van der Waals surface area contributed by atoms with Crippen molar-refractivity contribution in [2.75, 3.05) is 11.4 Å². The number of Topliss-reactive ketones (excluding diaryl/α,β-unsaturated/α-hetero) is 2. The molecule has 1 atom stereocenters. The highest BCUT2D eigenvalue weighted by Crippen LogP contribution is 2.27. The largest absolute Gasteiger partial charge is 0.355 e. The first kappa shape index (κ1) is 19.5. The van der Waals surface area contributed by atoms with E-state index >= 15 is 0 Å². The minimum atomic E-state index is -0.815. The van der Waals surface area contributed by atoms with Crippen molar-refractivity contribution in [2.45, 2.75) is 33.7 Å². The molecular weight excluding hydrogens is 365 g/mol. The van der Waals surface area contributed by atoms with Gasteiger partial charge in [0.25, 0.3) is 5.91 Å². The second-order valence-electron chi connectivity index (χ2n) is 6.83. The van der Waals surface area contributed by atoms with Crippen molar-refractivity contribution >= 4 is 29.2 Å². The maximum Gasteiger partial charge on any atom is 0.332 e. The molecule has 1 aromatic carbocycles. The van der Waals surface area contributed by atoms with Crippen molar-refractivity contribution in [3.63, 3.8) is 0 Å². The summed E-state index contributed by atoms with van der Waals surface area (Å²) in [5, 5.41) is 0. The van der Waals surface area contributed by atoms with Gasteiger partial charge in [0.2, 0.25) is 0 Å². The monoisotopic (exact) mass is 385 g/mol. The van der Waals surface area contributed by atoms with E-state index in [2.05, 4.69) is 4.98 Å². The number of aromatic nitrogens is 1. The number of halogens is 1. The predicted octanol–water partition coefficient (Wildman–Crippen LogP) is 3.01. The van der Waals surface area contributed by atoms with E-state index in [0.717, 1.165) is 4.90 Å². The molecule has 1 N–H and O–H groups in total. The number of nitrogens with one attached hydrogen (secondary N) is 1. The molecule has 0 radical (unpaired) electrons. The van der Waals surface area contributed by atoms with Crippen molar-refractivity contribution in [2.24, 2.45) is 0 Å². The second kappa shape index (κ2) is 7.03. The smallest absolute Gasteiger partial charge is 0.332 e. The van der Waals surface area contributed by atoms with Crippen LogP contribution in [0.15, 0.2) is 24.3 Å². The van der Waals surface area contributed by atoms with E-state index < -0.39 is 36.1 Å². The van der Waals surface area contributed by atoms with Crippen molar-refractivity contribution in [3.8, 4) is 0 Å². The molecule has 1 fully saturated rings. The van der Waals surface area contributed by atoms with Crippen LogP contribution in [0.25, 0.3) is 0 Å². The van der Waals surface area contributed by atoms with Gasteiger partial charge < -0.3 is 4.98 Å². The second-order valence-corrected chi connectivity index (χ2v) is 6.83. The third-order valence-corrected chi connectivity index (χ3v) is 4.92. The summed E-state index contributed by atoms with van der Waals surface area (Å²) in [6.07, 6.45) is 0. The zero-order valence-corrected chi connectivity index (χ0v) is 16.0. The average Bonchev–Trinajstić information content (AvgIpc) is 3.04. The van der Waals surface area contributed by atoms with E-state index in [1.54, 1.807) is 20.8 Å². The molecule has 0 spiro atoms. The normalized spacial score (nSPS) is 16.8. The van der Waals surface area contributed by atoms with Gasteiger partial charge in [0.05, 0.1) is 12.2 Å². The lowest BCUT2D eigenvalue weighted by Gasteiger charge is -2.19. The number of H-pyrrole nitrogens is 1. The minimum absolute atomic E-state index is 0.172. The first-order valence-electron chi connectivity index (χ1n) is 8.77. The molecule has 3 rings (SSSR count). The summed E-state index contributed by atoms with van der Waals surface area (Å²) in [5.74, 6) is -1.62. The van der Waals surface area contributed by atoms with Gasteiger partial charge in [-0.2, -0.15) is 0 Å². The molecule has 0 bridgehead atoms. The highest BCUT2D eigenvalue weighted by Gasteiger charge is 2.44. The van der Waals surface area contributed by atoms with Gasteiger partial charge in [0.1, 0.15) is 11.9 Å². The Labute approximate surface area is 161 Å². The zero-order chi connectivity index (χ0) is 20.7. The van der Waals surface area contributed by atoms with Gasteiger partial charge in [0.15, 0.2) is 11.6 Å². The number of rotatable bonds is 5. The molecule has 2 aromatic rings. The Bertz CT molecular complexity index is 994. The summed E-state index contributed by atoms with van der Waals surface area (Å²) >= 11 is 0. The maximum absolute atomic E-state index is 13.2. The van der Waals surface area contributed by atoms with Crippen LogP contribution in [-0.4, -0.2) is 46.0 Å². The summed E-state index contributed by atoms with van der Waals surface area (Å²) in [6.45, 7) is 5.84. The van der Waals surface area contributed by atoms with Gasteiger partial charge in [-0.3, -0.25) is 24.2 Å². The van der Waals surface area contributed by atoms with Crippen LogP contribution >= 0.6 is 0 Å². The number of aryl methyl sites for hydroxylation is 1. The van der Waals surface area contributed by atoms with Gasteiger partial charge in [-0.05, 0) is 57.5 Å². The van der Waals surface area contributed by atoms with Crippen LogP contribution in [0.3, 0.4) is 0 Å². The van der Waals surface area contributed by atoms with Crippen LogP contribution in [0.2, 0.25) is 0 Å². The number of anilines is 1. The molecule has 0 unspecified atom stereocenters. The highest BCUT2D eigenvalue weighted by atomic mass is 19.1. The number of nitrogens with zero attached hydrogens (tertiary/aromatic N) is 2. The molecule has 0 saturated carbocycles. The number of carbonyl (C=O) groups is 4. The van der Waals surface area contributed by atoms with E-state index in [1.165, 1.54) is 36.1 Å². The number of carbonyl (C=O) groups excluding carboxylic acids is 4. The Morgan fingerprint density at radius 3 is 2.29 bits per heavy atom. The Kier molecular flexibility index (Phi) is 4.89. The maximum atomic E-state index is 13.2. The zero-order valence-electron chi connectivity index (χ0n) is 16.0. The number of hydrogen-bond acceptors (Lipinski definition) is 4. The van der Waals surface area contributed by atoms with Crippen molar-refractivity contribution in [3.05, 3.63) is 52.6 Å².